The van der Waals surface area contributed by atoms with E-state index in [1.165, 1.54) is 43.5 Å². The number of sulfonamides is 1. The second kappa shape index (κ2) is 6.64. The summed E-state index contributed by atoms with van der Waals surface area (Å²) in [5.74, 6) is 2.40. The maximum Gasteiger partial charge on any atom is 0.264 e. The summed E-state index contributed by atoms with van der Waals surface area (Å²) in [5.41, 5.74) is 3.45. The zero-order valence-electron chi connectivity index (χ0n) is 15.5. The van der Waals surface area contributed by atoms with Crippen LogP contribution in [0.2, 0.25) is 0 Å². The molecule has 5 rings (SSSR count). The Morgan fingerprint density at radius 2 is 1.85 bits per heavy atom. The van der Waals surface area contributed by atoms with Crippen molar-refractivity contribution >= 4 is 15.7 Å². The molecule has 1 aliphatic carbocycles. The molecule has 5 heteroatoms. The van der Waals surface area contributed by atoms with E-state index in [2.05, 4.69) is 17.4 Å². The van der Waals surface area contributed by atoms with Gasteiger partial charge in [0.05, 0.1) is 10.6 Å². The van der Waals surface area contributed by atoms with Crippen LogP contribution >= 0.6 is 0 Å². The Morgan fingerprint density at radius 3 is 2.59 bits per heavy atom. The van der Waals surface area contributed by atoms with E-state index in [4.69, 9.17) is 0 Å². The second-order valence-corrected chi connectivity index (χ2v) is 10.1. The number of nitrogens with one attached hydrogen (secondary N) is 1. The molecule has 1 saturated heterocycles. The summed E-state index contributed by atoms with van der Waals surface area (Å²) in [6, 6.07) is 15.2. The highest BCUT2D eigenvalue weighted by Crippen LogP contribution is 2.51. The molecular weight excluding hydrogens is 356 g/mol. The highest BCUT2D eigenvalue weighted by molar-refractivity contribution is 7.92. The standard InChI is InChI=1S/C22H26N2O2S/c25-27(26,20-4-2-1-3-5-20)24-11-10-19-12-17(8-9-22(19)24)21-13-18(21)7-6-16-14-23-15-16/h1-5,8-9,12,16,18,21,23H,6-7,10-11,13-15H2. The Hall–Kier alpha value is -1.85. The summed E-state index contributed by atoms with van der Waals surface area (Å²) >= 11 is 0. The van der Waals surface area contributed by atoms with Gasteiger partial charge in [-0.2, -0.15) is 0 Å². The zero-order valence-corrected chi connectivity index (χ0v) is 16.3. The van der Waals surface area contributed by atoms with Crippen molar-refractivity contribution in [2.75, 3.05) is 23.9 Å². The molecule has 2 aromatic rings. The summed E-state index contributed by atoms with van der Waals surface area (Å²) in [4.78, 5) is 0.370. The molecule has 1 saturated carbocycles. The normalized spacial score (nSPS) is 24.5. The first-order valence-electron chi connectivity index (χ1n) is 10.0. The predicted molar refractivity (Wildman–Crippen MR) is 108 cm³/mol. The van der Waals surface area contributed by atoms with Gasteiger partial charge >= 0.3 is 0 Å². The molecule has 0 amide bonds. The first-order valence-corrected chi connectivity index (χ1v) is 11.5. The fourth-order valence-electron chi connectivity index (χ4n) is 4.57. The molecule has 2 atom stereocenters. The SMILES string of the molecule is O=S(=O)(c1ccccc1)N1CCc2cc(C3CC3CCC3CNC3)ccc21. The molecule has 2 aliphatic heterocycles. The lowest BCUT2D eigenvalue weighted by atomic mass is 9.95. The summed E-state index contributed by atoms with van der Waals surface area (Å²) in [7, 11) is -3.47. The van der Waals surface area contributed by atoms with Gasteiger partial charge in [0.1, 0.15) is 0 Å². The van der Waals surface area contributed by atoms with Crippen molar-refractivity contribution in [2.45, 2.75) is 36.5 Å². The molecule has 1 N–H and O–H groups in total. The highest BCUT2D eigenvalue weighted by atomic mass is 32.2. The smallest absolute Gasteiger partial charge is 0.264 e. The third-order valence-electron chi connectivity index (χ3n) is 6.45. The third-order valence-corrected chi connectivity index (χ3v) is 8.28. The van der Waals surface area contributed by atoms with E-state index >= 15 is 0 Å². The van der Waals surface area contributed by atoms with Crippen LogP contribution < -0.4 is 9.62 Å². The van der Waals surface area contributed by atoms with Gasteiger partial charge in [0.15, 0.2) is 0 Å². The molecular formula is C22H26N2O2S. The summed E-state index contributed by atoms with van der Waals surface area (Å²) in [5, 5.41) is 3.35. The lowest BCUT2D eigenvalue weighted by Crippen LogP contribution is -2.41. The average molecular weight is 383 g/mol. The van der Waals surface area contributed by atoms with Crippen LogP contribution in [0.3, 0.4) is 0 Å². The van der Waals surface area contributed by atoms with Crippen LogP contribution in [-0.4, -0.2) is 28.1 Å². The van der Waals surface area contributed by atoms with E-state index in [0.29, 0.717) is 17.4 Å². The molecule has 2 unspecified atom stereocenters. The van der Waals surface area contributed by atoms with Crippen LogP contribution in [0.15, 0.2) is 53.4 Å². The fraction of sp³-hybridized carbons (Fsp3) is 0.455. The van der Waals surface area contributed by atoms with Gasteiger partial charge in [-0.15, -0.1) is 0 Å². The van der Waals surface area contributed by atoms with Gasteiger partial charge in [-0.05, 0) is 85.9 Å². The van der Waals surface area contributed by atoms with E-state index < -0.39 is 10.0 Å². The molecule has 4 nitrogen and oxygen atoms in total. The minimum absolute atomic E-state index is 0.370. The van der Waals surface area contributed by atoms with E-state index in [-0.39, 0.29) is 0 Å². The average Bonchev–Trinajstić information content (AvgIpc) is 3.29. The molecule has 0 bridgehead atoms. The lowest BCUT2D eigenvalue weighted by molar-refractivity contribution is 0.314. The minimum atomic E-state index is -3.47. The first kappa shape index (κ1) is 17.3. The van der Waals surface area contributed by atoms with E-state index in [1.807, 2.05) is 12.1 Å². The molecule has 0 spiro atoms. The minimum Gasteiger partial charge on any atom is -0.316 e. The van der Waals surface area contributed by atoms with Crippen molar-refractivity contribution in [1.29, 1.82) is 0 Å². The van der Waals surface area contributed by atoms with Crippen molar-refractivity contribution < 1.29 is 8.42 Å². The van der Waals surface area contributed by atoms with Crippen molar-refractivity contribution in [3.63, 3.8) is 0 Å². The Bertz CT molecular complexity index is 938. The van der Waals surface area contributed by atoms with Gasteiger partial charge in [-0.3, -0.25) is 4.31 Å². The summed E-state index contributed by atoms with van der Waals surface area (Å²) < 4.78 is 27.5. The fourth-order valence-corrected chi connectivity index (χ4v) is 6.09. The Labute approximate surface area is 161 Å². The maximum atomic E-state index is 13.0. The molecule has 2 fully saturated rings. The van der Waals surface area contributed by atoms with E-state index in [1.54, 1.807) is 28.6 Å². The van der Waals surface area contributed by atoms with Crippen LogP contribution in [0, 0.1) is 11.8 Å². The van der Waals surface area contributed by atoms with Gasteiger partial charge < -0.3 is 5.32 Å². The Morgan fingerprint density at radius 1 is 1.04 bits per heavy atom. The van der Waals surface area contributed by atoms with Crippen LogP contribution in [0.1, 0.15) is 36.3 Å². The number of anilines is 1. The largest absolute Gasteiger partial charge is 0.316 e. The van der Waals surface area contributed by atoms with E-state index in [9.17, 15) is 8.42 Å². The molecule has 0 radical (unpaired) electrons. The Balaban J connectivity index is 1.31. The van der Waals surface area contributed by atoms with Gasteiger partial charge in [0.2, 0.25) is 0 Å². The third kappa shape index (κ3) is 3.17. The number of nitrogens with zero attached hydrogens (tertiary/aromatic N) is 1. The van der Waals surface area contributed by atoms with Crippen molar-refractivity contribution in [1.82, 2.24) is 5.32 Å². The van der Waals surface area contributed by atoms with Crippen LogP contribution in [0.4, 0.5) is 5.69 Å². The number of hydrogen-bond donors (Lipinski definition) is 1. The van der Waals surface area contributed by atoms with Gasteiger partial charge in [0, 0.05) is 6.54 Å². The van der Waals surface area contributed by atoms with Gasteiger partial charge in [-0.25, -0.2) is 8.42 Å². The molecule has 2 heterocycles. The van der Waals surface area contributed by atoms with E-state index in [0.717, 1.165) is 23.9 Å². The summed E-state index contributed by atoms with van der Waals surface area (Å²) in [6.07, 6.45) is 4.79. The van der Waals surface area contributed by atoms with Crippen LogP contribution in [0.25, 0.3) is 0 Å². The Kier molecular flexibility index (Phi) is 4.25. The predicted octanol–water partition coefficient (Wildman–Crippen LogP) is 3.54. The quantitative estimate of drug-likeness (QED) is 0.831. The van der Waals surface area contributed by atoms with Crippen LogP contribution in [0.5, 0.6) is 0 Å². The van der Waals surface area contributed by atoms with Gasteiger partial charge in [0.25, 0.3) is 10.0 Å². The zero-order chi connectivity index (χ0) is 18.4. The number of benzene rings is 2. The number of hydrogen-bond acceptors (Lipinski definition) is 3. The topological polar surface area (TPSA) is 49.4 Å². The van der Waals surface area contributed by atoms with Gasteiger partial charge in [-0.1, -0.05) is 30.3 Å². The molecule has 3 aliphatic rings. The molecule has 142 valence electrons. The maximum absolute atomic E-state index is 13.0. The van der Waals surface area contributed by atoms with Crippen molar-refractivity contribution in [3.05, 3.63) is 59.7 Å². The van der Waals surface area contributed by atoms with Crippen LogP contribution in [-0.2, 0) is 16.4 Å². The first-order chi connectivity index (χ1) is 13.1. The lowest BCUT2D eigenvalue weighted by Gasteiger charge is -2.26. The monoisotopic (exact) mass is 382 g/mol. The number of rotatable bonds is 6. The second-order valence-electron chi connectivity index (χ2n) is 8.23. The molecule has 27 heavy (non-hydrogen) atoms. The highest BCUT2D eigenvalue weighted by Gasteiger charge is 2.39. The molecule has 2 aromatic carbocycles. The number of fused-ring (bicyclic) bond motifs is 1. The van der Waals surface area contributed by atoms with Crippen molar-refractivity contribution in [2.24, 2.45) is 11.8 Å². The molecule has 0 aromatic heterocycles. The summed E-state index contributed by atoms with van der Waals surface area (Å²) in [6.45, 7) is 2.93. The van der Waals surface area contributed by atoms with Crippen molar-refractivity contribution in [3.8, 4) is 0 Å².